The zero-order chi connectivity index (χ0) is 27.5. The average Bonchev–Trinajstić information content (AvgIpc) is 3.43. The maximum atomic E-state index is 13.5. The number of anilines is 3. The molecule has 2 heterocycles. The van der Waals surface area contributed by atoms with Crippen molar-refractivity contribution in [3.63, 3.8) is 0 Å². The lowest BCUT2D eigenvalue weighted by atomic mass is 10.1. The molecule has 0 radical (unpaired) electrons. The van der Waals surface area contributed by atoms with Gasteiger partial charge in [-0.15, -0.1) is 0 Å². The summed E-state index contributed by atoms with van der Waals surface area (Å²) in [5.74, 6) is 2.50. The molecule has 0 aliphatic heterocycles. The maximum absolute atomic E-state index is 13.5. The van der Waals surface area contributed by atoms with Gasteiger partial charge in [0.2, 0.25) is 0 Å². The molecule has 0 aliphatic carbocycles. The Morgan fingerprint density at radius 3 is 2.58 bits per heavy atom. The smallest absolute Gasteiger partial charge is 0.146 e. The molecule has 2 aromatic heterocycles. The summed E-state index contributed by atoms with van der Waals surface area (Å²) >= 11 is 12.5. The van der Waals surface area contributed by atoms with E-state index in [4.69, 9.17) is 32.4 Å². The number of hydrogen-bond donors (Lipinski definition) is 2. The average molecular weight is 571 g/mol. The summed E-state index contributed by atoms with van der Waals surface area (Å²) in [6, 6.07) is 28.4. The second-order valence-electron chi connectivity index (χ2n) is 8.91. The van der Waals surface area contributed by atoms with Gasteiger partial charge in [0.1, 0.15) is 41.0 Å². The van der Waals surface area contributed by atoms with Crippen LogP contribution in [0.3, 0.4) is 0 Å². The van der Waals surface area contributed by atoms with Crippen LogP contribution in [0.15, 0.2) is 108 Å². The zero-order valence-electron chi connectivity index (χ0n) is 20.9. The van der Waals surface area contributed by atoms with Crippen LogP contribution in [0.2, 0.25) is 10.0 Å². The SMILES string of the molecule is Fc1cccc(Oc2ccc(Nc3ncnc4ccc(-c5ccc(CNc6cccc(Cl)c6)o5)cc34)cc2Cl)c1. The summed E-state index contributed by atoms with van der Waals surface area (Å²) in [6.07, 6.45) is 1.50. The Balaban J connectivity index is 1.21. The van der Waals surface area contributed by atoms with Gasteiger partial charge in [-0.1, -0.05) is 35.3 Å². The van der Waals surface area contributed by atoms with Gasteiger partial charge in [-0.3, -0.25) is 0 Å². The van der Waals surface area contributed by atoms with Crippen molar-refractivity contribution in [3.05, 3.63) is 125 Å². The van der Waals surface area contributed by atoms with Crippen molar-refractivity contribution in [1.82, 2.24) is 9.97 Å². The Bertz CT molecular complexity index is 1830. The van der Waals surface area contributed by atoms with Crippen LogP contribution in [0.25, 0.3) is 22.2 Å². The highest BCUT2D eigenvalue weighted by Gasteiger charge is 2.11. The van der Waals surface area contributed by atoms with Gasteiger partial charge < -0.3 is 19.8 Å². The number of aromatic nitrogens is 2. The predicted molar refractivity (Wildman–Crippen MR) is 157 cm³/mol. The largest absolute Gasteiger partial charge is 0.459 e. The number of halogens is 3. The maximum Gasteiger partial charge on any atom is 0.146 e. The molecular weight excluding hydrogens is 550 g/mol. The van der Waals surface area contributed by atoms with Gasteiger partial charge in [-0.2, -0.15) is 0 Å². The molecule has 0 bridgehead atoms. The van der Waals surface area contributed by atoms with Gasteiger partial charge >= 0.3 is 0 Å². The normalized spacial score (nSPS) is 11.0. The number of nitrogens with one attached hydrogen (secondary N) is 2. The summed E-state index contributed by atoms with van der Waals surface area (Å²) in [7, 11) is 0. The summed E-state index contributed by atoms with van der Waals surface area (Å²) in [5, 5.41) is 8.47. The van der Waals surface area contributed by atoms with Crippen molar-refractivity contribution < 1.29 is 13.5 Å². The minimum Gasteiger partial charge on any atom is -0.459 e. The Kier molecular flexibility index (Phi) is 7.23. The van der Waals surface area contributed by atoms with Crippen LogP contribution >= 0.6 is 23.2 Å². The van der Waals surface area contributed by atoms with Crippen molar-refractivity contribution in [2.75, 3.05) is 10.6 Å². The fourth-order valence-electron chi connectivity index (χ4n) is 4.18. The molecule has 0 aliphatic rings. The van der Waals surface area contributed by atoms with Crippen LogP contribution in [0.4, 0.5) is 21.6 Å². The molecule has 9 heteroatoms. The van der Waals surface area contributed by atoms with Crippen molar-refractivity contribution in [2.24, 2.45) is 0 Å². The lowest BCUT2D eigenvalue weighted by Gasteiger charge is -2.12. The van der Waals surface area contributed by atoms with Crippen molar-refractivity contribution in [1.29, 1.82) is 0 Å². The Morgan fingerprint density at radius 1 is 0.825 bits per heavy atom. The van der Waals surface area contributed by atoms with Gasteiger partial charge in [0.25, 0.3) is 0 Å². The van der Waals surface area contributed by atoms with Gasteiger partial charge in [0.05, 0.1) is 17.1 Å². The molecule has 0 amide bonds. The second-order valence-corrected chi connectivity index (χ2v) is 9.76. The third-order valence-corrected chi connectivity index (χ3v) is 6.62. The van der Waals surface area contributed by atoms with Crippen LogP contribution in [-0.2, 0) is 6.54 Å². The fourth-order valence-corrected chi connectivity index (χ4v) is 4.59. The highest BCUT2D eigenvalue weighted by atomic mass is 35.5. The molecular formula is C31H21Cl2FN4O2. The highest BCUT2D eigenvalue weighted by molar-refractivity contribution is 6.32. The topological polar surface area (TPSA) is 72.2 Å². The first-order valence-electron chi connectivity index (χ1n) is 12.3. The summed E-state index contributed by atoms with van der Waals surface area (Å²) in [6.45, 7) is 0.517. The second kappa shape index (κ2) is 11.3. The van der Waals surface area contributed by atoms with E-state index >= 15 is 0 Å². The van der Waals surface area contributed by atoms with E-state index in [0.717, 1.165) is 33.7 Å². The summed E-state index contributed by atoms with van der Waals surface area (Å²) in [5.41, 5.74) is 3.27. The first kappa shape index (κ1) is 25.7. The molecule has 6 nitrogen and oxygen atoms in total. The summed E-state index contributed by atoms with van der Waals surface area (Å²) in [4.78, 5) is 8.85. The van der Waals surface area contributed by atoms with Gasteiger partial charge in [-0.05, 0) is 78.9 Å². The van der Waals surface area contributed by atoms with Gasteiger partial charge in [0, 0.05) is 33.4 Å². The number of furan rings is 1. The number of rotatable bonds is 8. The van der Waals surface area contributed by atoms with Crippen LogP contribution in [0, 0.1) is 5.82 Å². The first-order chi connectivity index (χ1) is 19.5. The van der Waals surface area contributed by atoms with Gasteiger partial charge in [0.15, 0.2) is 0 Å². The monoisotopic (exact) mass is 570 g/mol. The van der Waals surface area contributed by atoms with Crippen LogP contribution < -0.4 is 15.4 Å². The molecule has 6 rings (SSSR count). The van der Waals surface area contributed by atoms with E-state index in [-0.39, 0.29) is 5.82 Å². The fraction of sp³-hybridized carbons (Fsp3) is 0.0323. The van der Waals surface area contributed by atoms with Crippen LogP contribution in [0.5, 0.6) is 11.5 Å². The molecule has 0 saturated carbocycles. The first-order valence-corrected chi connectivity index (χ1v) is 13.1. The minimum absolute atomic E-state index is 0.360. The molecule has 6 aromatic rings. The standard InChI is InChI=1S/C31H21Cl2FN4O2/c32-20-3-1-5-22(14-20)35-17-25-9-12-29(40-25)19-7-10-28-26(13-19)31(37-18-36-28)38-23-8-11-30(27(33)16-23)39-24-6-2-4-21(34)15-24/h1-16,18,35H,17H2,(H,36,37,38). The van der Waals surface area contributed by atoms with E-state index in [1.54, 1.807) is 24.3 Å². The van der Waals surface area contributed by atoms with Crippen molar-refractivity contribution in [2.45, 2.75) is 6.54 Å². The highest BCUT2D eigenvalue weighted by Crippen LogP contribution is 2.34. The van der Waals surface area contributed by atoms with Crippen molar-refractivity contribution >= 4 is 51.3 Å². The van der Waals surface area contributed by atoms with Gasteiger partial charge in [-0.25, -0.2) is 14.4 Å². The molecule has 0 atom stereocenters. The summed E-state index contributed by atoms with van der Waals surface area (Å²) < 4.78 is 25.3. The van der Waals surface area contributed by atoms with E-state index in [1.807, 2.05) is 60.7 Å². The molecule has 0 spiro atoms. The van der Waals surface area contributed by atoms with E-state index < -0.39 is 0 Å². The van der Waals surface area contributed by atoms with Crippen molar-refractivity contribution in [3.8, 4) is 22.8 Å². The number of ether oxygens (including phenoxy) is 1. The molecule has 4 aromatic carbocycles. The zero-order valence-corrected chi connectivity index (χ0v) is 22.4. The molecule has 0 saturated heterocycles. The third kappa shape index (κ3) is 5.86. The number of hydrogen-bond acceptors (Lipinski definition) is 6. The molecule has 0 unspecified atom stereocenters. The van der Waals surface area contributed by atoms with Crippen LogP contribution in [-0.4, -0.2) is 9.97 Å². The van der Waals surface area contributed by atoms with E-state index in [1.165, 1.54) is 18.5 Å². The Labute approximate surface area is 239 Å². The van der Waals surface area contributed by atoms with E-state index in [0.29, 0.717) is 39.6 Å². The minimum atomic E-state index is -0.387. The Morgan fingerprint density at radius 2 is 1.73 bits per heavy atom. The van der Waals surface area contributed by atoms with Crippen LogP contribution in [0.1, 0.15) is 5.76 Å². The number of benzene rings is 4. The molecule has 198 valence electrons. The third-order valence-electron chi connectivity index (χ3n) is 6.09. The molecule has 40 heavy (non-hydrogen) atoms. The number of fused-ring (bicyclic) bond motifs is 1. The number of nitrogens with zero attached hydrogens (tertiary/aromatic N) is 2. The molecule has 2 N–H and O–H groups in total. The Hall–Kier alpha value is -4.59. The quantitative estimate of drug-likeness (QED) is 0.190. The van der Waals surface area contributed by atoms with E-state index in [9.17, 15) is 4.39 Å². The van der Waals surface area contributed by atoms with E-state index in [2.05, 4.69) is 20.6 Å². The predicted octanol–water partition coefficient (Wildman–Crippen LogP) is 9.48. The lowest BCUT2D eigenvalue weighted by molar-refractivity contribution is 0.477. The lowest BCUT2D eigenvalue weighted by Crippen LogP contribution is -1.97. The molecule has 0 fully saturated rings.